The number of carbonyl (C=O) groups excluding carboxylic acids is 9. The highest BCUT2D eigenvalue weighted by Crippen LogP contribution is 2.33. The number of likely N-dealkylation sites (tertiary alicyclic amines) is 1. The molecule has 7 aliphatic rings. The van der Waals surface area contributed by atoms with E-state index in [9.17, 15) is 125 Å². The molecule has 0 radical (unpaired) electrons. The predicted molar refractivity (Wildman–Crippen MR) is 357 cm³/mol. The Bertz CT molecular complexity index is 2840. The van der Waals surface area contributed by atoms with E-state index in [4.69, 9.17) is 52.2 Å². The van der Waals surface area contributed by atoms with Crippen molar-refractivity contribution < 1.29 is 177 Å². The Hall–Kier alpha value is -5.45. The largest absolute Gasteiger partial charge is 0.394 e. The van der Waals surface area contributed by atoms with Gasteiger partial charge >= 0.3 is 5.97 Å². The van der Waals surface area contributed by atoms with Crippen LogP contribution in [0.2, 0.25) is 0 Å². The lowest BCUT2D eigenvalue weighted by Gasteiger charge is -2.46. The van der Waals surface area contributed by atoms with Gasteiger partial charge in [0.2, 0.25) is 29.5 Å². The lowest BCUT2D eigenvalue weighted by molar-refractivity contribution is -0.366. The number of Topliss-reactive ketones (excluding diaryl/α,β-unsaturated/α-hetero) is 1. The topological polar surface area (TPSA) is 637 Å². The number of imide groups is 1. The maximum Gasteiger partial charge on any atom is 0.333 e. The zero-order valence-corrected chi connectivity index (χ0v) is 60.5. The van der Waals surface area contributed by atoms with Crippen LogP contribution in [0.3, 0.4) is 0 Å². The van der Waals surface area contributed by atoms with Crippen LogP contribution in [0.5, 0.6) is 0 Å². The Labute approximate surface area is 625 Å². The Morgan fingerprint density at radius 3 is 1.41 bits per heavy atom. The highest BCUT2D eigenvalue weighted by atomic mass is 16.8. The number of hydrogen-bond donors (Lipinski definition) is 20. The maximum absolute atomic E-state index is 13.9. The van der Waals surface area contributed by atoms with Crippen molar-refractivity contribution in [2.24, 2.45) is 11.8 Å². The third-order valence-electron chi connectivity index (χ3n) is 19.6. The van der Waals surface area contributed by atoms with Crippen LogP contribution >= 0.6 is 0 Å². The third-order valence-corrected chi connectivity index (χ3v) is 19.6. The summed E-state index contributed by atoms with van der Waals surface area (Å²) in [5.41, 5.74) is 0. The van der Waals surface area contributed by atoms with Crippen LogP contribution < -0.4 is 21.3 Å². The maximum atomic E-state index is 13.9. The van der Waals surface area contributed by atoms with Gasteiger partial charge in [-0.15, -0.1) is 5.06 Å². The molecule has 7 rings (SSSR count). The van der Waals surface area contributed by atoms with Crippen molar-refractivity contribution >= 4 is 53.1 Å². The third kappa shape index (κ3) is 26.0. The first-order valence-electron chi connectivity index (χ1n) is 36.6. The summed E-state index contributed by atoms with van der Waals surface area (Å²) in [5, 5.41) is 177. The molecule has 0 saturated carbocycles. The van der Waals surface area contributed by atoms with E-state index in [0.717, 1.165) is 0 Å². The van der Waals surface area contributed by atoms with Crippen molar-refractivity contribution in [3.8, 4) is 0 Å². The number of nitrogens with zero attached hydrogens (tertiary/aromatic N) is 3. The number of aliphatic hydroxyl groups is 16. The van der Waals surface area contributed by atoms with Gasteiger partial charge in [0.25, 0.3) is 11.8 Å². The number of hydrogen-bond acceptors (Lipinski definition) is 37. The second-order valence-electron chi connectivity index (χ2n) is 28.0. The van der Waals surface area contributed by atoms with E-state index >= 15 is 0 Å². The summed E-state index contributed by atoms with van der Waals surface area (Å²) in [6.45, 7) is -2.30. The first kappa shape index (κ1) is 90.7. The number of unbranched alkanes of at least 4 members (excludes halogenated alkanes) is 4. The van der Waals surface area contributed by atoms with E-state index in [1.807, 2.05) is 0 Å². The zero-order valence-electron chi connectivity index (χ0n) is 60.5. The molecule has 0 spiro atoms. The summed E-state index contributed by atoms with van der Waals surface area (Å²) in [5.74, 6) is -6.96. The van der Waals surface area contributed by atoms with Gasteiger partial charge in [0, 0.05) is 77.3 Å². The molecule has 7 fully saturated rings. The summed E-state index contributed by atoms with van der Waals surface area (Å²) >= 11 is 0. The number of nitrogens with one attached hydrogen (secondary N) is 4. The Kier molecular flexibility index (Phi) is 36.9. The van der Waals surface area contributed by atoms with Crippen molar-refractivity contribution in [1.82, 2.24) is 36.1 Å². The molecule has 43 heteroatoms. The summed E-state index contributed by atoms with van der Waals surface area (Å²) in [6, 6.07) is 0. The van der Waals surface area contributed by atoms with E-state index in [1.54, 1.807) is 0 Å². The van der Waals surface area contributed by atoms with Crippen LogP contribution in [0.4, 0.5) is 0 Å². The molecule has 624 valence electrons. The van der Waals surface area contributed by atoms with E-state index < -0.39 is 253 Å². The molecule has 7 saturated heterocycles. The number of carbonyl (C=O) groups is 9. The number of ketones is 1. The fourth-order valence-corrected chi connectivity index (χ4v) is 13.1. The summed E-state index contributed by atoms with van der Waals surface area (Å²) in [4.78, 5) is 125. The minimum atomic E-state index is -2.02. The molecule has 7 heterocycles. The average molecular weight is 1580 g/mol. The molecule has 7 aliphatic heterocycles. The molecule has 7 amide bonds. The van der Waals surface area contributed by atoms with Gasteiger partial charge < -0.3 is 160 Å². The second-order valence-corrected chi connectivity index (χ2v) is 28.0. The molecular formula is C66H109N7O36. The van der Waals surface area contributed by atoms with Crippen LogP contribution in [-0.4, -0.2) is 402 Å². The van der Waals surface area contributed by atoms with Crippen LogP contribution in [-0.2, 0) is 95.4 Å². The SMILES string of the molecule is C[C@@H]1O[C@@H](OCCCC(=O)C2CC(C(=O)NCCO[C@@H]3O[C@@H](C)[C@@H](O)[C@@H](O)[C@@H]3O)CN(C(=O)CCCCCNC(=O)CN(CC(=O)NCCCCCC(=O)ON3C(=O)CCC3=O)CC(=O)NCCO[C@H]3O[C@H](CO[C@H]4O[C@H](CO)[C@@H](O)[C@H](O)[C@@H]4O)[C@@H](O)[C@H](O[C@H]4O[C@H](CO)[C@@H](O)[C@H](O)[C@@H]4O)[C@@H]3O)C2)[C@@H](O)[C@H](O)[C@@H]1O. The monoisotopic (exact) mass is 1580 g/mol. The normalized spacial score (nSPS) is 35.8. The minimum Gasteiger partial charge on any atom is -0.394 e. The molecule has 2 unspecified atom stereocenters. The van der Waals surface area contributed by atoms with E-state index in [1.165, 1.54) is 23.6 Å². The summed E-state index contributed by atoms with van der Waals surface area (Å²) in [6.07, 6.45) is -38.7. The molecule has 27 atom stereocenters. The number of amides is 7. The number of rotatable bonds is 41. The molecule has 43 nitrogen and oxygen atoms in total. The number of aliphatic hydroxyl groups excluding tert-OH is 16. The Balaban J connectivity index is 0.913. The summed E-state index contributed by atoms with van der Waals surface area (Å²) in [7, 11) is 0. The first-order chi connectivity index (χ1) is 51.8. The van der Waals surface area contributed by atoms with Crippen molar-refractivity contribution in [2.75, 3.05) is 98.5 Å². The second kappa shape index (κ2) is 44.3. The quantitative estimate of drug-likeness (QED) is 0.0200. The number of piperidine rings is 1. The summed E-state index contributed by atoms with van der Waals surface area (Å²) < 4.78 is 55.8. The van der Waals surface area contributed by atoms with Crippen LogP contribution in [0.25, 0.3) is 0 Å². The smallest absolute Gasteiger partial charge is 0.333 e. The molecular weight excluding hydrogens is 1470 g/mol. The average Bonchev–Trinajstić information content (AvgIpc) is 1.15. The van der Waals surface area contributed by atoms with Crippen molar-refractivity contribution in [2.45, 2.75) is 251 Å². The number of hydroxylamine groups is 2. The fraction of sp³-hybridized carbons (Fsp3) is 0.864. The lowest BCUT2D eigenvalue weighted by Crippen LogP contribution is -2.65. The van der Waals surface area contributed by atoms with Crippen LogP contribution in [0, 0.1) is 11.8 Å². The highest BCUT2D eigenvalue weighted by molar-refractivity contribution is 6.01. The first-order valence-corrected chi connectivity index (χ1v) is 36.6. The van der Waals surface area contributed by atoms with Gasteiger partial charge in [-0.05, 0) is 52.4 Å². The number of ether oxygens (including phenoxy) is 10. The van der Waals surface area contributed by atoms with Gasteiger partial charge in [-0.1, -0.05) is 12.8 Å². The molecule has 0 aromatic carbocycles. The molecule has 20 N–H and O–H groups in total. The van der Waals surface area contributed by atoms with Crippen molar-refractivity contribution in [3.63, 3.8) is 0 Å². The van der Waals surface area contributed by atoms with Crippen LogP contribution in [0.15, 0.2) is 0 Å². The van der Waals surface area contributed by atoms with Crippen molar-refractivity contribution in [1.29, 1.82) is 0 Å². The molecule has 0 aromatic rings. The van der Waals surface area contributed by atoms with Crippen molar-refractivity contribution in [3.05, 3.63) is 0 Å². The van der Waals surface area contributed by atoms with Gasteiger partial charge in [-0.25, -0.2) is 4.79 Å². The van der Waals surface area contributed by atoms with Crippen LogP contribution in [0.1, 0.15) is 97.3 Å². The standard InChI is InChI=1S/C66H109N7O36/c1-31-46(84)51(89)55(93)62(103-31)99-19-9-10-35(76)33-22-34(61(98)70-18-21-100-63-56(94)52(90)47(85)32(2)104-63)24-72(23-33)42(80)11-5-3-7-15-67-39(77)25-71(26-40(78)68-16-8-4-6-12-45(83)109-73-43(81)13-14-44(73)82)27-41(79)69-17-20-101-65-59(97)60(108-66-58(96)54(92)49(87)37(29-75)106-66)50(88)38(107-65)30-102-64-57(95)53(91)48(86)36(28-74)105-64/h31-34,36-38,46-60,62-66,74-75,84-97H,3-30H2,1-2H3,(H,67,77)(H,68,78)(H,69,79)(H,70,98)/t31-,32-,33?,34?,36+,37+,38+,46+,47+,48+,49+,50+,51+,52+,53-,54-,55-,56-,57-,58-,59-,60-,62+,63+,64-,65-,66+/m0/s1. The Morgan fingerprint density at radius 2 is 0.881 bits per heavy atom. The Morgan fingerprint density at radius 1 is 0.440 bits per heavy atom. The van der Waals surface area contributed by atoms with Gasteiger partial charge in [0.15, 0.2) is 31.5 Å². The minimum absolute atomic E-state index is 0.0248. The van der Waals surface area contributed by atoms with Gasteiger partial charge in [-0.3, -0.25) is 43.3 Å². The van der Waals surface area contributed by atoms with E-state index in [-0.39, 0.29) is 116 Å². The van der Waals surface area contributed by atoms with Gasteiger partial charge in [0.1, 0.15) is 116 Å². The van der Waals surface area contributed by atoms with Gasteiger partial charge in [-0.2, -0.15) is 0 Å². The van der Waals surface area contributed by atoms with E-state index in [2.05, 4.69) is 21.3 Å². The lowest BCUT2D eigenvalue weighted by atomic mass is 9.84. The molecule has 0 aromatic heterocycles. The molecule has 109 heavy (non-hydrogen) atoms. The van der Waals surface area contributed by atoms with Gasteiger partial charge in [0.05, 0.1) is 77.4 Å². The zero-order chi connectivity index (χ0) is 79.9. The predicted octanol–water partition coefficient (Wildman–Crippen LogP) is -11.6. The molecule has 0 aliphatic carbocycles. The highest BCUT2D eigenvalue weighted by Gasteiger charge is 2.53. The van der Waals surface area contributed by atoms with E-state index in [0.29, 0.717) is 37.2 Å². The fourth-order valence-electron chi connectivity index (χ4n) is 13.1. The molecule has 0 bridgehead atoms.